The maximum atomic E-state index is 12.2. The van der Waals surface area contributed by atoms with Gasteiger partial charge in [-0.25, -0.2) is 12.6 Å². The van der Waals surface area contributed by atoms with E-state index in [1.54, 1.807) is 0 Å². The largest absolute Gasteiger partial charge is 0.495 e. The van der Waals surface area contributed by atoms with Gasteiger partial charge in [0.1, 0.15) is 11.5 Å². The minimum Gasteiger partial charge on any atom is -0.495 e. The lowest BCUT2D eigenvalue weighted by atomic mass is 10.2. The van der Waals surface area contributed by atoms with Gasteiger partial charge in [-0.05, 0) is 25.1 Å². The van der Waals surface area contributed by atoms with Crippen molar-refractivity contribution in [3.05, 3.63) is 18.2 Å². The molecule has 0 saturated heterocycles. The second kappa shape index (κ2) is 8.38. The highest BCUT2D eigenvalue weighted by Crippen LogP contribution is 2.28. The first-order valence-corrected chi connectivity index (χ1v) is 9.78. The van der Waals surface area contributed by atoms with Crippen molar-refractivity contribution in [3.63, 3.8) is 0 Å². The molecule has 1 amide bonds. The third-order valence-corrected chi connectivity index (χ3v) is 4.94. The van der Waals surface area contributed by atoms with Crippen molar-refractivity contribution >= 4 is 37.6 Å². The van der Waals surface area contributed by atoms with Crippen LogP contribution in [0.25, 0.3) is 0 Å². The molecule has 0 aliphatic rings. The molecule has 1 rings (SSSR count). The number of rotatable bonds is 9. The topological polar surface area (TPSA) is 153 Å². The first-order valence-electron chi connectivity index (χ1n) is 6.76. The Hall–Kier alpha value is -2.02. The summed E-state index contributed by atoms with van der Waals surface area (Å²) in [6, 6.07) is 3.60. The number of hydrogen-bond acceptors (Lipinski definition) is 8. The van der Waals surface area contributed by atoms with Gasteiger partial charge in [0, 0.05) is 0 Å². The SMILES string of the molecule is COc1ccc(S(=O)(=O)CCOS(=O)(=O)O)cc1NC(=O)CC(C)=O. The number of anilines is 1. The van der Waals surface area contributed by atoms with Crippen molar-refractivity contribution in [1.82, 2.24) is 0 Å². The Morgan fingerprint density at radius 3 is 2.36 bits per heavy atom. The molecule has 25 heavy (non-hydrogen) atoms. The first-order chi connectivity index (χ1) is 11.4. The molecule has 0 bridgehead atoms. The van der Waals surface area contributed by atoms with Gasteiger partial charge in [0.15, 0.2) is 9.84 Å². The summed E-state index contributed by atoms with van der Waals surface area (Å²) in [7, 11) is -7.40. The molecule has 0 fully saturated rings. The molecule has 1 aromatic rings. The molecule has 0 aliphatic carbocycles. The van der Waals surface area contributed by atoms with Gasteiger partial charge in [-0.3, -0.25) is 14.1 Å². The van der Waals surface area contributed by atoms with Crippen LogP contribution in [0.4, 0.5) is 5.69 Å². The maximum absolute atomic E-state index is 12.2. The Labute approximate surface area is 145 Å². The molecule has 0 spiro atoms. The van der Waals surface area contributed by atoms with E-state index < -0.39 is 38.5 Å². The third kappa shape index (κ3) is 7.17. The fourth-order valence-electron chi connectivity index (χ4n) is 1.77. The lowest BCUT2D eigenvalue weighted by molar-refractivity contribution is -0.124. The van der Waals surface area contributed by atoms with E-state index in [-0.39, 0.29) is 28.5 Å². The zero-order valence-electron chi connectivity index (χ0n) is 13.4. The predicted molar refractivity (Wildman–Crippen MR) is 86.5 cm³/mol. The van der Waals surface area contributed by atoms with Crippen LogP contribution in [0.2, 0.25) is 0 Å². The number of methoxy groups -OCH3 is 1. The fraction of sp³-hybridized carbons (Fsp3) is 0.385. The van der Waals surface area contributed by atoms with Crippen LogP contribution in [-0.4, -0.2) is 52.5 Å². The number of sulfone groups is 1. The standard InChI is InChI=1S/C13H17NO9S2/c1-9(15)7-13(16)14-11-8-10(3-4-12(11)22-2)24(17,18)6-5-23-25(19,20)21/h3-4,8H,5-7H2,1-2H3,(H,14,16)(H,19,20,21). The molecule has 0 atom stereocenters. The first kappa shape index (κ1) is 21.0. The smallest absolute Gasteiger partial charge is 0.397 e. The van der Waals surface area contributed by atoms with Crippen molar-refractivity contribution < 1.29 is 39.9 Å². The summed E-state index contributed by atoms with van der Waals surface area (Å²) in [5, 5.41) is 2.37. The number of nitrogens with one attached hydrogen (secondary N) is 1. The average molecular weight is 395 g/mol. The van der Waals surface area contributed by atoms with Crippen molar-refractivity contribution in [3.8, 4) is 5.75 Å². The molecule has 12 heteroatoms. The highest BCUT2D eigenvalue weighted by molar-refractivity contribution is 7.91. The van der Waals surface area contributed by atoms with Crippen LogP contribution in [0.15, 0.2) is 23.1 Å². The quantitative estimate of drug-likeness (QED) is 0.441. The second-order valence-electron chi connectivity index (χ2n) is 4.86. The van der Waals surface area contributed by atoms with Gasteiger partial charge in [0.05, 0.1) is 36.5 Å². The van der Waals surface area contributed by atoms with Crippen molar-refractivity contribution in [2.45, 2.75) is 18.2 Å². The van der Waals surface area contributed by atoms with E-state index in [9.17, 15) is 26.4 Å². The van der Waals surface area contributed by atoms with E-state index in [2.05, 4.69) is 9.50 Å². The van der Waals surface area contributed by atoms with Crippen LogP contribution < -0.4 is 10.1 Å². The minimum atomic E-state index is -4.75. The monoisotopic (exact) mass is 395 g/mol. The molecule has 140 valence electrons. The number of carbonyl (C=O) groups excluding carboxylic acids is 2. The number of Topliss-reactive ketones (excluding diaryl/α,β-unsaturated/α-hetero) is 1. The van der Waals surface area contributed by atoms with Gasteiger partial charge in [-0.2, -0.15) is 8.42 Å². The van der Waals surface area contributed by atoms with Crippen LogP contribution in [0.1, 0.15) is 13.3 Å². The summed E-state index contributed by atoms with van der Waals surface area (Å²) in [4.78, 5) is 22.4. The Morgan fingerprint density at radius 2 is 1.84 bits per heavy atom. The summed E-state index contributed by atoms with van der Waals surface area (Å²) >= 11 is 0. The number of carbonyl (C=O) groups is 2. The zero-order valence-corrected chi connectivity index (χ0v) is 15.0. The molecule has 2 N–H and O–H groups in total. The Balaban J connectivity index is 3.02. The van der Waals surface area contributed by atoms with E-state index in [0.717, 1.165) is 6.07 Å². The summed E-state index contributed by atoms with van der Waals surface area (Å²) in [6.45, 7) is 0.451. The normalized spacial score (nSPS) is 11.8. The summed E-state index contributed by atoms with van der Waals surface area (Å²) < 4.78 is 62.7. The van der Waals surface area contributed by atoms with E-state index in [4.69, 9.17) is 9.29 Å². The van der Waals surface area contributed by atoms with Crippen molar-refractivity contribution in [1.29, 1.82) is 0 Å². The van der Waals surface area contributed by atoms with E-state index in [1.165, 1.54) is 26.2 Å². The highest BCUT2D eigenvalue weighted by Gasteiger charge is 2.19. The molecule has 0 unspecified atom stereocenters. The molecular formula is C13H17NO9S2. The van der Waals surface area contributed by atoms with Crippen molar-refractivity contribution in [2.24, 2.45) is 0 Å². The zero-order chi connectivity index (χ0) is 19.3. The third-order valence-electron chi connectivity index (χ3n) is 2.80. The number of hydrogen-bond donors (Lipinski definition) is 2. The lowest BCUT2D eigenvalue weighted by Gasteiger charge is -2.12. The highest BCUT2D eigenvalue weighted by atomic mass is 32.3. The Kier molecular flexibility index (Phi) is 7.05. The average Bonchev–Trinajstić information content (AvgIpc) is 2.44. The molecule has 0 saturated carbocycles. The molecule has 0 heterocycles. The Bertz CT molecular complexity index is 859. The summed E-state index contributed by atoms with van der Waals surface area (Å²) in [5.74, 6) is -1.57. The van der Waals surface area contributed by atoms with E-state index in [1.807, 2.05) is 0 Å². The molecule has 0 radical (unpaired) electrons. The van der Waals surface area contributed by atoms with Gasteiger partial charge < -0.3 is 10.1 Å². The predicted octanol–water partition coefficient (Wildman–Crippen LogP) is 0.206. The van der Waals surface area contributed by atoms with E-state index in [0.29, 0.717) is 0 Å². The van der Waals surface area contributed by atoms with Crippen LogP contribution >= 0.6 is 0 Å². The fourth-order valence-corrected chi connectivity index (χ4v) is 3.28. The number of benzene rings is 1. The maximum Gasteiger partial charge on any atom is 0.397 e. The molecule has 0 aliphatic heterocycles. The number of ether oxygens (including phenoxy) is 1. The van der Waals surface area contributed by atoms with Gasteiger partial charge >= 0.3 is 10.4 Å². The van der Waals surface area contributed by atoms with Crippen LogP contribution in [0.5, 0.6) is 5.75 Å². The van der Waals surface area contributed by atoms with Crippen molar-refractivity contribution in [2.75, 3.05) is 24.8 Å². The van der Waals surface area contributed by atoms with Gasteiger partial charge in [0.25, 0.3) is 0 Å². The molecule has 10 nitrogen and oxygen atoms in total. The summed E-state index contributed by atoms with van der Waals surface area (Å²) in [5.41, 5.74) is 0.0329. The Morgan fingerprint density at radius 1 is 1.20 bits per heavy atom. The van der Waals surface area contributed by atoms with E-state index >= 15 is 0 Å². The van der Waals surface area contributed by atoms with Crippen LogP contribution in [0, 0.1) is 0 Å². The molecule has 0 aromatic heterocycles. The molecule has 1 aromatic carbocycles. The lowest BCUT2D eigenvalue weighted by Crippen LogP contribution is -2.17. The van der Waals surface area contributed by atoms with Gasteiger partial charge in [0.2, 0.25) is 5.91 Å². The van der Waals surface area contributed by atoms with Gasteiger partial charge in [-0.15, -0.1) is 0 Å². The molecular weight excluding hydrogens is 378 g/mol. The number of ketones is 1. The van der Waals surface area contributed by atoms with Crippen LogP contribution in [0.3, 0.4) is 0 Å². The summed E-state index contributed by atoms with van der Waals surface area (Å²) in [6.07, 6.45) is -0.387. The minimum absolute atomic E-state index is 0.0329. The van der Waals surface area contributed by atoms with Crippen LogP contribution in [-0.2, 0) is 34.0 Å². The van der Waals surface area contributed by atoms with Gasteiger partial charge in [-0.1, -0.05) is 0 Å². The second-order valence-corrected chi connectivity index (χ2v) is 8.06. The number of amides is 1.